The van der Waals surface area contributed by atoms with Crippen LogP contribution in [0.2, 0.25) is 0 Å². The SMILES string of the molecule is C#CCN(CC#N)C(=O)[C@H]1CCCN1S(C)(=O)=O. The van der Waals surface area contributed by atoms with Crippen molar-refractivity contribution in [3.63, 3.8) is 0 Å². The third-order valence-electron chi connectivity index (χ3n) is 2.77. The lowest BCUT2D eigenvalue weighted by Crippen LogP contribution is -2.47. The van der Waals surface area contributed by atoms with Crippen LogP contribution in [0.4, 0.5) is 0 Å². The normalized spacial score (nSPS) is 20.1. The van der Waals surface area contributed by atoms with Crippen LogP contribution < -0.4 is 0 Å². The molecule has 0 bridgehead atoms. The molecule has 0 saturated carbocycles. The fraction of sp³-hybridized carbons (Fsp3) is 0.636. The van der Waals surface area contributed by atoms with Crippen LogP contribution in [0.15, 0.2) is 0 Å². The van der Waals surface area contributed by atoms with E-state index < -0.39 is 22.0 Å². The van der Waals surface area contributed by atoms with Crippen LogP contribution in [0.1, 0.15) is 12.8 Å². The van der Waals surface area contributed by atoms with E-state index in [4.69, 9.17) is 11.7 Å². The summed E-state index contributed by atoms with van der Waals surface area (Å²) in [5, 5.41) is 8.64. The number of rotatable bonds is 4. The molecule has 1 aliphatic rings. The summed E-state index contributed by atoms with van der Waals surface area (Å²) in [6.45, 7) is 0.226. The van der Waals surface area contributed by atoms with Gasteiger partial charge in [-0.2, -0.15) is 9.57 Å². The molecule has 18 heavy (non-hydrogen) atoms. The van der Waals surface area contributed by atoms with Crippen LogP contribution in [-0.4, -0.2) is 55.5 Å². The quantitative estimate of drug-likeness (QED) is 0.504. The Bertz CT molecular complexity index is 485. The summed E-state index contributed by atoms with van der Waals surface area (Å²) < 4.78 is 24.2. The van der Waals surface area contributed by atoms with E-state index in [1.807, 2.05) is 6.07 Å². The predicted octanol–water partition coefficient (Wildman–Crippen LogP) is -0.604. The summed E-state index contributed by atoms with van der Waals surface area (Å²) in [6.07, 6.45) is 7.32. The van der Waals surface area contributed by atoms with E-state index in [0.29, 0.717) is 19.4 Å². The molecule has 0 spiro atoms. The van der Waals surface area contributed by atoms with Crippen molar-refractivity contribution in [3.05, 3.63) is 0 Å². The highest BCUT2D eigenvalue weighted by molar-refractivity contribution is 7.88. The van der Waals surface area contributed by atoms with Crippen LogP contribution >= 0.6 is 0 Å². The van der Waals surface area contributed by atoms with Gasteiger partial charge in [0.05, 0.1) is 18.9 Å². The van der Waals surface area contributed by atoms with Gasteiger partial charge in [0.2, 0.25) is 15.9 Å². The number of terminal acetylenes is 1. The van der Waals surface area contributed by atoms with E-state index in [2.05, 4.69) is 5.92 Å². The Morgan fingerprint density at radius 1 is 1.56 bits per heavy atom. The fourth-order valence-electron chi connectivity index (χ4n) is 2.00. The molecule has 0 aromatic carbocycles. The lowest BCUT2D eigenvalue weighted by atomic mass is 10.2. The van der Waals surface area contributed by atoms with Crippen molar-refractivity contribution in [2.45, 2.75) is 18.9 Å². The van der Waals surface area contributed by atoms with Crippen molar-refractivity contribution in [2.24, 2.45) is 0 Å². The lowest BCUT2D eigenvalue weighted by Gasteiger charge is -2.26. The minimum Gasteiger partial charge on any atom is -0.317 e. The van der Waals surface area contributed by atoms with Gasteiger partial charge in [-0.3, -0.25) is 4.79 Å². The molecule has 1 aliphatic heterocycles. The van der Waals surface area contributed by atoms with Crippen LogP contribution in [-0.2, 0) is 14.8 Å². The van der Waals surface area contributed by atoms with E-state index in [0.717, 1.165) is 6.26 Å². The molecule has 0 aliphatic carbocycles. The lowest BCUT2D eigenvalue weighted by molar-refractivity contribution is -0.133. The third kappa shape index (κ3) is 3.22. The number of sulfonamides is 1. The molecule has 6 nitrogen and oxygen atoms in total. The topological polar surface area (TPSA) is 81.5 Å². The van der Waals surface area contributed by atoms with Crippen molar-refractivity contribution >= 4 is 15.9 Å². The van der Waals surface area contributed by atoms with Crippen molar-refractivity contribution in [1.82, 2.24) is 9.21 Å². The fourth-order valence-corrected chi connectivity index (χ4v) is 3.12. The summed E-state index contributed by atoms with van der Waals surface area (Å²) in [7, 11) is -3.41. The Balaban J connectivity index is 2.89. The molecule has 0 N–H and O–H groups in total. The molecule has 1 atom stereocenters. The van der Waals surface area contributed by atoms with E-state index in [1.165, 1.54) is 9.21 Å². The average Bonchev–Trinajstić information content (AvgIpc) is 2.76. The van der Waals surface area contributed by atoms with Crippen molar-refractivity contribution < 1.29 is 13.2 Å². The second-order valence-corrected chi connectivity index (χ2v) is 6.02. The molecular weight excluding hydrogens is 254 g/mol. The van der Waals surface area contributed by atoms with Gasteiger partial charge in [0.1, 0.15) is 12.6 Å². The number of carbonyl (C=O) groups is 1. The van der Waals surface area contributed by atoms with Gasteiger partial charge in [-0.05, 0) is 12.8 Å². The molecule has 1 amide bonds. The number of nitrogens with zero attached hydrogens (tertiary/aromatic N) is 3. The number of hydrogen-bond acceptors (Lipinski definition) is 4. The molecule has 1 rings (SSSR count). The zero-order chi connectivity index (χ0) is 13.8. The molecule has 0 aromatic heterocycles. The highest BCUT2D eigenvalue weighted by atomic mass is 32.2. The van der Waals surface area contributed by atoms with Gasteiger partial charge in [0.15, 0.2) is 0 Å². The Hall–Kier alpha value is -1.57. The first-order valence-corrected chi connectivity index (χ1v) is 7.32. The van der Waals surface area contributed by atoms with E-state index in [-0.39, 0.29) is 13.1 Å². The van der Waals surface area contributed by atoms with Crippen LogP contribution in [0, 0.1) is 23.7 Å². The monoisotopic (exact) mass is 269 g/mol. The maximum atomic E-state index is 12.2. The largest absolute Gasteiger partial charge is 0.317 e. The summed E-state index contributed by atoms with van der Waals surface area (Å²) >= 11 is 0. The Labute approximate surface area is 107 Å². The number of amides is 1. The second-order valence-electron chi connectivity index (χ2n) is 4.09. The number of carbonyl (C=O) groups excluding carboxylic acids is 1. The maximum Gasteiger partial charge on any atom is 0.242 e. The molecule has 7 heteroatoms. The highest BCUT2D eigenvalue weighted by Crippen LogP contribution is 2.22. The predicted molar refractivity (Wildman–Crippen MR) is 65.6 cm³/mol. The van der Waals surface area contributed by atoms with Gasteiger partial charge in [0, 0.05) is 6.54 Å². The minimum atomic E-state index is -3.41. The van der Waals surface area contributed by atoms with Gasteiger partial charge in [0.25, 0.3) is 0 Å². The van der Waals surface area contributed by atoms with Crippen LogP contribution in [0.5, 0.6) is 0 Å². The van der Waals surface area contributed by atoms with Gasteiger partial charge >= 0.3 is 0 Å². The summed E-state index contributed by atoms with van der Waals surface area (Å²) in [5.74, 6) is 1.91. The van der Waals surface area contributed by atoms with Gasteiger partial charge in [-0.25, -0.2) is 8.42 Å². The summed E-state index contributed by atoms with van der Waals surface area (Å²) in [6, 6.07) is 1.13. The van der Waals surface area contributed by atoms with E-state index in [1.54, 1.807) is 0 Å². The second kappa shape index (κ2) is 5.85. The smallest absolute Gasteiger partial charge is 0.242 e. The third-order valence-corrected chi connectivity index (χ3v) is 4.06. The molecule has 98 valence electrons. The minimum absolute atomic E-state index is 0.0144. The molecule has 1 heterocycles. The van der Waals surface area contributed by atoms with Crippen LogP contribution in [0.3, 0.4) is 0 Å². The van der Waals surface area contributed by atoms with Gasteiger partial charge in [-0.1, -0.05) is 5.92 Å². The van der Waals surface area contributed by atoms with E-state index >= 15 is 0 Å². The van der Waals surface area contributed by atoms with Gasteiger partial charge in [-0.15, -0.1) is 6.42 Å². The van der Waals surface area contributed by atoms with Crippen molar-refractivity contribution in [3.8, 4) is 18.4 Å². The van der Waals surface area contributed by atoms with Crippen molar-refractivity contribution in [1.29, 1.82) is 5.26 Å². The molecule has 1 fully saturated rings. The Kier molecular flexibility index (Phi) is 4.71. The molecule has 1 saturated heterocycles. The van der Waals surface area contributed by atoms with Crippen LogP contribution in [0.25, 0.3) is 0 Å². The average molecular weight is 269 g/mol. The number of hydrogen-bond donors (Lipinski definition) is 0. The summed E-state index contributed by atoms with van der Waals surface area (Å²) in [4.78, 5) is 13.4. The molecular formula is C11H15N3O3S. The Morgan fingerprint density at radius 2 is 2.22 bits per heavy atom. The highest BCUT2D eigenvalue weighted by Gasteiger charge is 2.38. The number of nitriles is 1. The zero-order valence-electron chi connectivity index (χ0n) is 10.2. The standard InChI is InChI=1S/C11H15N3O3S/c1-3-7-13(9-6-12)11(15)10-5-4-8-14(10)18(2,16)17/h1,10H,4-5,7-9H2,2H3/t10-/m1/s1. The van der Waals surface area contributed by atoms with Crippen molar-refractivity contribution in [2.75, 3.05) is 25.9 Å². The zero-order valence-corrected chi connectivity index (χ0v) is 11.0. The molecule has 0 aromatic rings. The first-order chi connectivity index (χ1) is 8.41. The molecule has 0 radical (unpaired) electrons. The first kappa shape index (κ1) is 14.5. The molecule has 0 unspecified atom stereocenters. The Morgan fingerprint density at radius 3 is 2.72 bits per heavy atom. The summed E-state index contributed by atoms with van der Waals surface area (Å²) in [5.41, 5.74) is 0. The van der Waals surface area contributed by atoms with Gasteiger partial charge < -0.3 is 4.90 Å². The van der Waals surface area contributed by atoms with E-state index in [9.17, 15) is 13.2 Å². The maximum absolute atomic E-state index is 12.2. The first-order valence-electron chi connectivity index (χ1n) is 5.48.